The van der Waals surface area contributed by atoms with Gasteiger partial charge in [-0.15, -0.1) is 0 Å². The molecule has 0 aliphatic heterocycles. The second-order valence-electron chi connectivity index (χ2n) is 17.5. The summed E-state index contributed by atoms with van der Waals surface area (Å²) in [6, 6.07) is -0.659. The fourth-order valence-electron chi connectivity index (χ4n) is 7.61. The van der Waals surface area contributed by atoms with Gasteiger partial charge in [-0.1, -0.05) is 247 Å². The molecule has 2 atom stereocenters. The molecule has 0 aromatic carbocycles. The van der Waals surface area contributed by atoms with Crippen LogP contribution in [0.5, 0.6) is 0 Å². The van der Waals surface area contributed by atoms with Crippen LogP contribution in [0.1, 0.15) is 251 Å². The molecule has 0 heterocycles. The van der Waals surface area contributed by atoms with E-state index in [2.05, 4.69) is 92.1 Å². The Labute approximate surface area is 380 Å². The minimum Gasteiger partial charge on any atom is -0.394 e. The van der Waals surface area contributed by atoms with Crippen molar-refractivity contribution in [3.05, 3.63) is 85.1 Å². The summed E-state index contributed by atoms with van der Waals surface area (Å²) in [5.74, 6) is -0.0939. The molecule has 0 saturated heterocycles. The molecule has 4 nitrogen and oxygen atoms in total. The van der Waals surface area contributed by atoms with Crippen molar-refractivity contribution in [3.63, 3.8) is 0 Å². The molecule has 0 radical (unpaired) electrons. The van der Waals surface area contributed by atoms with Crippen LogP contribution in [0.3, 0.4) is 0 Å². The summed E-state index contributed by atoms with van der Waals surface area (Å²) in [5, 5.41) is 23.1. The van der Waals surface area contributed by atoms with Crippen LogP contribution in [0.4, 0.5) is 0 Å². The van der Waals surface area contributed by atoms with E-state index >= 15 is 0 Å². The molecule has 2 unspecified atom stereocenters. The van der Waals surface area contributed by atoms with Gasteiger partial charge in [0, 0.05) is 6.42 Å². The lowest BCUT2D eigenvalue weighted by molar-refractivity contribution is -0.123. The lowest BCUT2D eigenvalue weighted by atomic mass is 10.0. The Morgan fingerprint density at radius 3 is 1.15 bits per heavy atom. The first-order valence-corrected chi connectivity index (χ1v) is 26.3. The molecule has 0 saturated carbocycles. The summed E-state index contributed by atoms with van der Waals surface area (Å²) in [6.45, 7) is 4.18. The molecule has 0 bridgehead atoms. The minimum absolute atomic E-state index is 0.0939. The standard InChI is InChI=1S/C57H101NO3/c1-3-5-7-9-11-13-15-17-19-21-23-24-25-26-27-28-29-30-31-32-33-35-36-38-40-42-44-46-48-50-52-56(60)55(54-59)58-57(61)53-51-49-47-45-43-41-39-37-34-22-20-18-16-14-12-10-8-6-4-2/h6,8,12,14,18,20,34-37,42,44,50,52,55-56,59-60H,3-5,7,9-11,13,15-17,19,21-33,38-41,43,45-49,51,53-54H2,1-2H3,(H,58,61)/b8-6-,14-12-,20-18-,36-35+,37-34-,44-42+,52-50+. The summed E-state index contributed by atoms with van der Waals surface area (Å²) in [5.41, 5.74) is 0. The number of aliphatic hydroxyl groups excluding tert-OH is 2. The third kappa shape index (κ3) is 48.5. The summed E-state index contributed by atoms with van der Waals surface area (Å²) >= 11 is 0. The van der Waals surface area contributed by atoms with Crippen molar-refractivity contribution in [1.82, 2.24) is 5.32 Å². The second kappa shape index (κ2) is 51.9. The first-order valence-electron chi connectivity index (χ1n) is 26.3. The zero-order valence-corrected chi connectivity index (χ0v) is 40.4. The van der Waals surface area contributed by atoms with Gasteiger partial charge in [0.05, 0.1) is 18.8 Å². The molecule has 0 aromatic heterocycles. The predicted octanol–water partition coefficient (Wildman–Crippen LogP) is 17.2. The second-order valence-corrected chi connectivity index (χ2v) is 17.5. The van der Waals surface area contributed by atoms with Crippen LogP contribution in [0.2, 0.25) is 0 Å². The Kier molecular flexibility index (Phi) is 49.8. The number of rotatable bonds is 47. The Balaban J connectivity index is 3.61. The van der Waals surface area contributed by atoms with Gasteiger partial charge in [-0.25, -0.2) is 0 Å². The third-order valence-electron chi connectivity index (χ3n) is 11.6. The molecular weight excluding hydrogens is 747 g/mol. The van der Waals surface area contributed by atoms with Crippen LogP contribution in [0, 0.1) is 0 Å². The van der Waals surface area contributed by atoms with Crippen LogP contribution < -0.4 is 5.32 Å². The molecule has 4 heteroatoms. The number of amides is 1. The number of unbranched alkanes of at least 4 members (excludes halogenated alkanes) is 28. The Hall–Kier alpha value is -2.43. The predicted molar refractivity (Wildman–Crippen MR) is 271 cm³/mol. The highest BCUT2D eigenvalue weighted by molar-refractivity contribution is 5.76. The lowest BCUT2D eigenvalue weighted by Gasteiger charge is -2.19. The maximum atomic E-state index is 12.4. The van der Waals surface area contributed by atoms with Gasteiger partial charge in [0.15, 0.2) is 0 Å². The maximum absolute atomic E-state index is 12.4. The zero-order chi connectivity index (χ0) is 44.2. The first-order chi connectivity index (χ1) is 30.2. The molecule has 0 fully saturated rings. The van der Waals surface area contributed by atoms with Gasteiger partial charge in [-0.3, -0.25) is 4.79 Å². The number of hydrogen-bond donors (Lipinski definition) is 3. The number of aliphatic hydroxyl groups is 2. The number of nitrogens with one attached hydrogen (secondary N) is 1. The smallest absolute Gasteiger partial charge is 0.220 e. The molecular formula is C57H101NO3. The average molecular weight is 848 g/mol. The summed E-state index contributed by atoms with van der Waals surface area (Å²) in [6.07, 6.45) is 75.9. The van der Waals surface area contributed by atoms with Crippen molar-refractivity contribution in [2.24, 2.45) is 0 Å². The summed E-state index contributed by atoms with van der Waals surface area (Å²) < 4.78 is 0. The maximum Gasteiger partial charge on any atom is 0.220 e. The van der Waals surface area contributed by atoms with Crippen molar-refractivity contribution in [3.8, 4) is 0 Å². The Morgan fingerprint density at radius 2 is 0.738 bits per heavy atom. The number of hydrogen-bond acceptors (Lipinski definition) is 3. The van der Waals surface area contributed by atoms with Crippen molar-refractivity contribution < 1.29 is 15.0 Å². The third-order valence-corrected chi connectivity index (χ3v) is 11.6. The lowest BCUT2D eigenvalue weighted by Crippen LogP contribution is -2.45. The van der Waals surface area contributed by atoms with E-state index in [9.17, 15) is 15.0 Å². The molecule has 0 aliphatic rings. The van der Waals surface area contributed by atoms with E-state index in [0.29, 0.717) is 6.42 Å². The molecule has 352 valence electrons. The van der Waals surface area contributed by atoms with Gasteiger partial charge < -0.3 is 15.5 Å². The van der Waals surface area contributed by atoms with Gasteiger partial charge >= 0.3 is 0 Å². The molecule has 0 rings (SSSR count). The van der Waals surface area contributed by atoms with Crippen LogP contribution >= 0.6 is 0 Å². The normalized spacial score (nSPS) is 13.6. The van der Waals surface area contributed by atoms with Gasteiger partial charge in [-0.05, 0) is 83.5 Å². The molecule has 1 amide bonds. The number of carbonyl (C=O) groups is 1. The van der Waals surface area contributed by atoms with Crippen LogP contribution in [-0.4, -0.2) is 34.9 Å². The van der Waals surface area contributed by atoms with Crippen LogP contribution in [-0.2, 0) is 4.79 Å². The number of allylic oxidation sites excluding steroid dienone is 13. The van der Waals surface area contributed by atoms with Crippen molar-refractivity contribution in [2.75, 3.05) is 6.61 Å². The van der Waals surface area contributed by atoms with Crippen molar-refractivity contribution >= 4 is 5.91 Å². The molecule has 61 heavy (non-hydrogen) atoms. The fourth-order valence-corrected chi connectivity index (χ4v) is 7.61. The highest BCUT2D eigenvalue weighted by Gasteiger charge is 2.17. The van der Waals surface area contributed by atoms with E-state index in [1.807, 2.05) is 6.08 Å². The highest BCUT2D eigenvalue weighted by Crippen LogP contribution is 2.16. The quantitative estimate of drug-likeness (QED) is 0.0422. The van der Waals surface area contributed by atoms with Crippen molar-refractivity contribution in [1.29, 1.82) is 0 Å². The van der Waals surface area contributed by atoms with E-state index in [4.69, 9.17) is 0 Å². The van der Waals surface area contributed by atoms with Gasteiger partial charge in [0.25, 0.3) is 0 Å². The Bertz CT molecular complexity index is 1100. The van der Waals surface area contributed by atoms with Crippen LogP contribution in [0.15, 0.2) is 85.1 Å². The zero-order valence-electron chi connectivity index (χ0n) is 40.4. The summed E-state index contributed by atoms with van der Waals surface area (Å²) in [4.78, 5) is 12.4. The minimum atomic E-state index is -0.882. The van der Waals surface area contributed by atoms with E-state index in [1.54, 1.807) is 6.08 Å². The molecule has 0 aliphatic carbocycles. The molecule has 3 N–H and O–H groups in total. The van der Waals surface area contributed by atoms with E-state index in [0.717, 1.165) is 77.0 Å². The molecule has 0 spiro atoms. The van der Waals surface area contributed by atoms with Crippen LogP contribution in [0.25, 0.3) is 0 Å². The van der Waals surface area contributed by atoms with E-state index in [-0.39, 0.29) is 12.5 Å². The van der Waals surface area contributed by atoms with Gasteiger partial charge in [0.2, 0.25) is 5.91 Å². The van der Waals surface area contributed by atoms with Crippen molar-refractivity contribution in [2.45, 2.75) is 264 Å². The average Bonchev–Trinajstić information content (AvgIpc) is 3.26. The number of carbonyl (C=O) groups excluding carboxylic acids is 1. The highest BCUT2D eigenvalue weighted by atomic mass is 16.3. The fraction of sp³-hybridized carbons (Fsp3) is 0.737. The monoisotopic (exact) mass is 848 g/mol. The Morgan fingerprint density at radius 1 is 0.410 bits per heavy atom. The topological polar surface area (TPSA) is 69.6 Å². The first kappa shape index (κ1) is 58.6. The SMILES string of the molecule is CC/C=C\C/C=C\C/C=C\C/C=C\CCCCCCCCC(=O)NC(CO)C(O)/C=C/CC/C=C/CC/C=C/CCCCCCCCCCCCCCCCCCCCCC. The van der Waals surface area contributed by atoms with E-state index < -0.39 is 12.1 Å². The summed E-state index contributed by atoms with van der Waals surface area (Å²) in [7, 11) is 0. The van der Waals surface area contributed by atoms with Gasteiger partial charge in [-0.2, -0.15) is 0 Å². The molecule has 0 aromatic rings. The van der Waals surface area contributed by atoms with E-state index in [1.165, 1.54) is 154 Å². The van der Waals surface area contributed by atoms with Gasteiger partial charge in [0.1, 0.15) is 0 Å². The largest absolute Gasteiger partial charge is 0.394 e.